The molecular weight excluding hydrogens is 254 g/mol. The van der Waals surface area contributed by atoms with E-state index in [0.717, 1.165) is 0 Å². The molecule has 1 aromatic rings. The fourth-order valence-electron chi connectivity index (χ4n) is 1.76. The molecule has 0 spiro atoms. The van der Waals surface area contributed by atoms with Crippen LogP contribution in [0.3, 0.4) is 0 Å². The van der Waals surface area contributed by atoms with Crippen molar-refractivity contribution in [3.05, 3.63) is 10.6 Å². The van der Waals surface area contributed by atoms with Gasteiger partial charge < -0.3 is 10.1 Å². The number of hydrogen-bond acceptors (Lipinski definition) is 5. The summed E-state index contributed by atoms with van der Waals surface area (Å²) in [6, 6.07) is -0.134. The number of anilines is 1. The molecule has 0 unspecified atom stereocenters. The fourth-order valence-corrected chi connectivity index (χ4v) is 2.82. The molecule has 1 N–H and O–H groups in total. The summed E-state index contributed by atoms with van der Waals surface area (Å²) in [7, 11) is 0. The molecule has 2 heterocycles. The van der Waals surface area contributed by atoms with Crippen LogP contribution in [0, 0.1) is 6.92 Å². The summed E-state index contributed by atoms with van der Waals surface area (Å²) in [4.78, 5) is 29.7. The van der Waals surface area contributed by atoms with Gasteiger partial charge in [-0.3, -0.25) is 4.90 Å². The minimum absolute atomic E-state index is 0.0399. The number of urea groups is 1. The first-order valence-electron chi connectivity index (χ1n) is 5.76. The third kappa shape index (κ3) is 2.17. The van der Waals surface area contributed by atoms with E-state index in [4.69, 9.17) is 4.74 Å². The van der Waals surface area contributed by atoms with E-state index in [1.165, 1.54) is 11.3 Å². The number of ether oxygens (including phenoxy) is 1. The fraction of sp³-hybridized carbons (Fsp3) is 0.545. The van der Waals surface area contributed by atoms with E-state index in [2.05, 4.69) is 10.3 Å². The highest BCUT2D eigenvalue weighted by Crippen LogP contribution is 2.29. The predicted molar refractivity (Wildman–Crippen MR) is 68.1 cm³/mol. The van der Waals surface area contributed by atoms with Crippen molar-refractivity contribution < 1.29 is 14.3 Å². The van der Waals surface area contributed by atoms with Gasteiger partial charge in [0, 0.05) is 6.54 Å². The number of nitrogens with zero attached hydrogens (tertiary/aromatic N) is 2. The molecule has 6 nitrogen and oxygen atoms in total. The number of aromatic nitrogens is 1. The van der Waals surface area contributed by atoms with Gasteiger partial charge in [-0.2, -0.15) is 0 Å². The van der Waals surface area contributed by atoms with Crippen molar-refractivity contribution in [3.8, 4) is 0 Å². The number of rotatable bonds is 3. The first-order valence-corrected chi connectivity index (χ1v) is 6.57. The maximum absolute atomic E-state index is 11.7. The number of carbonyl (C=O) groups is 2. The third-order valence-corrected chi connectivity index (χ3v) is 3.80. The Bertz CT molecular complexity index is 486. The molecule has 1 aromatic heterocycles. The Kier molecular flexibility index (Phi) is 3.51. The normalized spacial score (nSPS) is 18.9. The lowest BCUT2D eigenvalue weighted by molar-refractivity contribution is 0.0531. The van der Waals surface area contributed by atoms with Gasteiger partial charge in [0.1, 0.15) is 4.88 Å². The second-order valence-corrected chi connectivity index (χ2v) is 5.01. The molecule has 1 atom stereocenters. The molecule has 1 aliphatic heterocycles. The Morgan fingerprint density at radius 3 is 2.94 bits per heavy atom. The molecule has 1 aliphatic rings. The topological polar surface area (TPSA) is 71.5 Å². The van der Waals surface area contributed by atoms with Crippen LogP contribution in [-0.2, 0) is 4.74 Å². The molecule has 2 rings (SSSR count). The van der Waals surface area contributed by atoms with E-state index in [1.807, 2.05) is 6.92 Å². The molecule has 7 heteroatoms. The van der Waals surface area contributed by atoms with Gasteiger partial charge in [-0.1, -0.05) is 11.3 Å². The molecule has 98 valence electrons. The SMILES string of the molecule is CCOC(=O)c1sc(N2C(=O)NC[C@@H]2C)nc1C. The number of carbonyl (C=O) groups excluding carboxylic acids is 2. The minimum Gasteiger partial charge on any atom is -0.462 e. The van der Waals surface area contributed by atoms with Crippen LogP contribution in [-0.4, -0.2) is 36.2 Å². The lowest BCUT2D eigenvalue weighted by Gasteiger charge is -2.15. The Morgan fingerprint density at radius 1 is 1.67 bits per heavy atom. The standard InChI is InChI=1S/C11H15N3O3S/c1-4-17-9(15)8-7(3)13-11(18-8)14-6(2)5-12-10(14)16/h6H,4-5H2,1-3H3,(H,12,16)/t6-/m0/s1. The molecule has 1 saturated heterocycles. The first kappa shape index (κ1) is 12.8. The third-order valence-electron chi connectivity index (χ3n) is 2.66. The maximum atomic E-state index is 11.7. The highest BCUT2D eigenvalue weighted by Gasteiger charge is 2.32. The molecule has 2 amide bonds. The lowest BCUT2D eigenvalue weighted by atomic mass is 10.3. The van der Waals surface area contributed by atoms with Crippen molar-refractivity contribution in [1.82, 2.24) is 10.3 Å². The van der Waals surface area contributed by atoms with E-state index >= 15 is 0 Å². The van der Waals surface area contributed by atoms with E-state index in [9.17, 15) is 9.59 Å². The number of amides is 2. The number of hydrogen-bond donors (Lipinski definition) is 1. The van der Waals surface area contributed by atoms with Crippen LogP contribution in [0.1, 0.15) is 29.2 Å². The van der Waals surface area contributed by atoms with E-state index in [-0.39, 0.29) is 18.0 Å². The molecule has 0 radical (unpaired) electrons. The highest BCUT2D eigenvalue weighted by atomic mass is 32.1. The van der Waals surface area contributed by atoms with Crippen LogP contribution in [0.4, 0.5) is 9.93 Å². The van der Waals surface area contributed by atoms with Gasteiger partial charge in [0.15, 0.2) is 5.13 Å². The number of thiazole rings is 1. The molecule has 0 aliphatic carbocycles. The zero-order chi connectivity index (χ0) is 13.3. The summed E-state index contributed by atoms with van der Waals surface area (Å²) in [6.45, 7) is 6.34. The van der Waals surface area contributed by atoms with Crippen LogP contribution in [0.5, 0.6) is 0 Å². The van der Waals surface area contributed by atoms with Crippen molar-refractivity contribution in [1.29, 1.82) is 0 Å². The first-order chi connectivity index (χ1) is 8.54. The average molecular weight is 269 g/mol. The summed E-state index contributed by atoms with van der Waals surface area (Å²) in [5.41, 5.74) is 0.598. The molecular formula is C11H15N3O3S. The lowest BCUT2D eigenvalue weighted by Crippen LogP contribution is -2.32. The molecule has 0 aromatic carbocycles. The van der Waals surface area contributed by atoms with Crippen molar-refractivity contribution >= 4 is 28.5 Å². The largest absolute Gasteiger partial charge is 0.462 e. The van der Waals surface area contributed by atoms with Gasteiger partial charge >= 0.3 is 12.0 Å². The van der Waals surface area contributed by atoms with Crippen molar-refractivity contribution in [3.63, 3.8) is 0 Å². The monoisotopic (exact) mass is 269 g/mol. The minimum atomic E-state index is -0.383. The Morgan fingerprint density at radius 2 is 2.39 bits per heavy atom. The van der Waals surface area contributed by atoms with Crippen LogP contribution < -0.4 is 10.2 Å². The van der Waals surface area contributed by atoms with Gasteiger partial charge in [0.25, 0.3) is 0 Å². The predicted octanol–water partition coefficient (Wildman–Crippen LogP) is 1.55. The number of esters is 1. The summed E-state index contributed by atoms with van der Waals surface area (Å²) in [5.74, 6) is -0.383. The van der Waals surface area contributed by atoms with Gasteiger partial charge in [-0.05, 0) is 20.8 Å². The van der Waals surface area contributed by atoms with Crippen LogP contribution in [0.2, 0.25) is 0 Å². The zero-order valence-electron chi connectivity index (χ0n) is 10.5. The van der Waals surface area contributed by atoms with Crippen LogP contribution in [0.15, 0.2) is 0 Å². The number of aryl methyl sites for hydroxylation is 1. The van der Waals surface area contributed by atoms with Crippen LogP contribution in [0.25, 0.3) is 0 Å². The molecule has 0 saturated carbocycles. The smallest absolute Gasteiger partial charge is 0.350 e. The summed E-state index contributed by atoms with van der Waals surface area (Å²) in [6.07, 6.45) is 0. The van der Waals surface area contributed by atoms with Crippen LogP contribution >= 0.6 is 11.3 Å². The molecule has 0 bridgehead atoms. The molecule has 18 heavy (non-hydrogen) atoms. The Labute approximate surface area is 109 Å². The molecule has 1 fully saturated rings. The van der Waals surface area contributed by atoms with E-state index in [0.29, 0.717) is 28.9 Å². The second kappa shape index (κ2) is 4.93. The average Bonchev–Trinajstić information content (AvgIpc) is 2.83. The summed E-state index contributed by atoms with van der Waals surface area (Å²) in [5, 5.41) is 3.28. The van der Waals surface area contributed by atoms with Crippen molar-refractivity contribution in [2.45, 2.75) is 26.8 Å². The maximum Gasteiger partial charge on any atom is 0.350 e. The zero-order valence-corrected chi connectivity index (χ0v) is 11.3. The Balaban J connectivity index is 2.28. The van der Waals surface area contributed by atoms with Gasteiger partial charge in [-0.25, -0.2) is 14.6 Å². The summed E-state index contributed by atoms with van der Waals surface area (Å²) < 4.78 is 4.95. The van der Waals surface area contributed by atoms with Gasteiger partial charge in [-0.15, -0.1) is 0 Å². The van der Waals surface area contributed by atoms with E-state index in [1.54, 1.807) is 18.7 Å². The quantitative estimate of drug-likeness (QED) is 0.845. The van der Waals surface area contributed by atoms with Gasteiger partial charge in [0.2, 0.25) is 0 Å². The van der Waals surface area contributed by atoms with Gasteiger partial charge in [0.05, 0.1) is 18.3 Å². The highest BCUT2D eigenvalue weighted by molar-refractivity contribution is 7.17. The summed E-state index contributed by atoms with van der Waals surface area (Å²) >= 11 is 1.19. The second-order valence-electron chi connectivity index (χ2n) is 4.04. The Hall–Kier alpha value is -1.63. The number of nitrogens with one attached hydrogen (secondary N) is 1. The van der Waals surface area contributed by atoms with Crippen molar-refractivity contribution in [2.75, 3.05) is 18.1 Å². The van der Waals surface area contributed by atoms with E-state index < -0.39 is 0 Å². The van der Waals surface area contributed by atoms with Crippen molar-refractivity contribution in [2.24, 2.45) is 0 Å².